The van der Waals surface area contributed by atoms with Crippen molar-refractivity contribution in [2.75, 3.05) is 0 Å². The summed E-state index contributed by atoms with van der Waals surface area (Å²) >= 11 is 0. The summed E-state index contributed by atoms with van der Waals surface area (Å²) < 4.78 is 26.7. The van der Waals surface area contributed by atoms with Crippen LogP contribution in [0, 0.1) is 36.8 Å². The highest BCUT2D eigenvalue weighted by Gasteiger charge is 2.26. The Morgan fingerprint density at radius 2 is 1.90 bits per heavy atom. The van der Waals surface area contributed by atoms with E-state index in [0.717, 1.165) is 23.3 Å². The lowest BCUT2D eigenvalue weighted by Gasteiger charge is -2.13. The van der Waals surface area contributed by atoms with Crippen LogP contribution in [-0.2, 0) is 0 Å². The zero-order chi connectivity index (χ0) is 15.6. The second-order valence-electron chi connectivity index (χ2n) is 4.84. The lowest BCUT2D eigenvalue weighted by Crippen LogP contribution is -2.14. The molecule has 0 aliphatic rings. The van der Waals surface area contributed by atoms with Crippen LogP contribution in [0.25, 0.3) is 0 Å². The molecule has 0 bridgehead atoms. The molecule has 21 heavy (non-hydrogen) atoms. The van der Waals surface area contributed by atoms with E-state index in [1.165, 1.54) is 0 Å². The van der Waals surface area contributed by atoms with Crippen LogP contribution in [-0.4, -0.2) is 5.78 Å². The highest BCUT2D eigenvalue weighted by atomic mass is 19.1. The van der Waals surface area contributed by atoms with Gasteiger partial charge in [0.05, 0.1) is 6.07 Å². The molecule has 0 saturated heterocycles. The minimum absolute atomic E-state index is 0.107. The van der Waals surface area contributed by atoms with Crippen molar-refractivity contribution < 1.29 is 13.6 Å². The zero-order valence-electron chi connectivity index (χ0n) is 11.7. The van der Waals surface area contributed by atoms with E-state index in [2.05, 4.69) is 0 Å². The molecule has 0 amide bonds. The Balaban J connectivity index is 2.49. The summed E-state index contributed by atoms with van der Waals surface area (Å²) in [4.78, 5) is 12.5. The average Bonchev–Trinajstić information content (AvgIpc) is 2.44. The molecule has 2 aromatic carbocycles. The zero-order valence-corrected chi connectivity index (χ0v) is 11.7. The Morgan fingerprint density at radius 1 is 1.19 bits per heavy atom. The van der Waals surface area contributed by atoms with Gasteiger partial charge in [-0.2, -0.15) is 5.26 Å². The van der Waals surface area contributed by atoms with E-state index in [1.54, 1.807) is 19.1 Å². The van der Waals surface area contributed by atoms with Crippen molar-refractivity contribution in [3.05, 3.63) is 70.3 Å². The largest absolute Gasteiger partial charge is 0.292 e. The molecule has 2 nitrogen and oxygen atoms in total. The molecular formula is C17H13F2NO. The van der Waals surface area contributed by atoms with Gasteiger partial charge in [-0.3, -0.25) is 4.79 Å². The molecule has 0 aliphatic heterocycles. The highest BCUT2D eigenvalue weighted by molar-refractivity contribution is 6.04. The summed E-state index contributed by atoms with van der Waals surface area (Å²) in [6.45, 7) is 3.63. The fraction of sp³-hybridized carbons (Fsp3) is 0.176. The first-order valence-corrected chi connectivity index (χ1v) is 6.40. The first-order valence-electron chi connectivity index (χ1n) is 6.40. The molecule has 0 heterocycles. The number of hydrogen-bond acceptors (Lipinski definition) is 2. The molecule has 0 fully saturated rings. The SMILES string of the molecule is Cc1cccc(C(=O)C(C#N)c2ccc(F)cc2F)c1C. The third kappa shape index (κ3) is 2.82. The lowest BCUT2D eigenvalue weighted by atomic mass is 9.88. The van der Waals surface area contributed by atoms with Crippen LogP contribution in [0.3, 0.4) is 0 Å². The van der Waals surface area contributed by atoms with Gasteiger partial charge in [0.15, 0.2) is 5.78 Å². The fourth-order valence-corrected chi connectivity index (χ4v) is 2.18. The quantitative estimate of drug-likeness (QED) is 0.797. The fourth-order valence-electron chi connectivity index (χ4n) is 2.18. The molecule has 2 aromatic rings. The van der Waals surface area contributed by atoms with Crippen molar-refractivity contribution in [1.82, 2.24) is 0 Å². The normalized spacial score (nSPS) is 11.8. The molecular weight excluding hydrogens is 272 g/mol. The summed E-state index contributed by atoms with van der Waals surface area (Å²) in [5.74, 6) is -3.40. The van der Waals surface area contributed by atoms with Gasteiger partial charge in [-0.15, -0.1) is 0 Å². The van der Waals surface area contributed by atoms with Crippen LogP contribution >= 0.6 is 0 Å². The van der Waals surface area contributed by atoms with E-state index >= 15 is 0 Å². The first-order chi connectivity index (χ1) is 9.95. The summed E-state index contributed by atoms with van der Waals surface area (Å²) in [5.41, 5.74) is 1.94. The number of benzene rings is 2. The number of rotatable bonds is 3. The number of hydrogen-bond donors (Lipinski definition) is 0. The number of carbonyl (C=O) groups is 1. The maximum Gasteiger partial charge on any atom is 0.184 e. The van der Waals surface area contributed by atoms with Gasteiger partial charge in [0.25, 0.3) is 0 Å². The van der Waals surface area contributed by atoms with Gasteiger partial charge in [0, 0.05) is 17.2 Å². The number of nitrogens with zero attached hydrogens (tertiary/aromatic N) is 1. The van der Waals surface area contributed by atoms with Crippen molar-refractivity contribution in [2.45, 2.75) is 19.8 Å². The van der Waals surface area contributed by atoms with Crippen LogP contribution < -0.4 is 0 Å². The number of ketones is 1. The molecule has 0 N–H and O–H groups in total. The van der Waals surface area contributed by atoms with E-state index in [-0.39, 0.29) is 5.56 Å². The summed E-state index contributed by atoms with van der Waals surface area (Å²) in [7, 11) is 0. The predicted octanol–water partition coefficient (Wildman–Crippen LogP) is 4.07. The van der Waals surface area contributed by atoms with E-state index in [0.29, 0.717) is 11.6 Å². The van der Waals surface area contributed by atoms with E-state index in [1.807, 2.05) is 19.1 Å². The molecule has 0 aromatic heterocycles. The van der Waals surface area contributed by atoms with E-state index in [4.69, 9.17) is 0 Å². The molecule has 0 spiro atoms. The monoisotopic (exact) mass is 285 g/mol. The van der Waals surface area contributed by atoms with Gasteiger partial charge >= 0.3 is 0 Å². The maximum atomic E-state index is 13.8. The standard InChI is InChI=1S/C17H13F2NO/c1-10-4-3-5-13(11(10)2)17(21)15(9-20)14-7-6-12(18)8-16(14)19/h3-8,15H,1-2H3. The molecule has 1 atom stereocenters. The Morgan fingerprint density at radius 3 is 2.52 bits per heavy atom. The second-order valence-corrected chi connectivity index (χ2v) is 4.84. The summed E-state index contributed by atoms with van der Waals surface area (Å²) in [5, 5.41) is 9.23. The number of aryl methyl sites for hydroxylation is 1. The Hall–Kier alpha value is -2.54. The predicted molar refractivity (Wildman–Crippen MR) is 75.0 cm³/mol. The van der Waals surface area contributed by atoms with Crippen LogP contribution in [0.4, 0.5) is 8.78 Å². The van der Waals surface area contributed by atoms with Crippen LogP contribution in [0.15, 0.2) is 36.4 Å². The van der Waals surface area contributed by atoms with Crippen LogP contribution in [0.5, 0.6) is 0 Å². The molecule has 0 aliphatic carbocycles. The first kappa shape index (κ1) is 14.9. The van der Waals surface area contributed by atoms with E-state index in [9.17, 15) is 18.8 Å². The average molecular weight is 285 g/mol. The Bertz CT molecular complexity index is 747. The third-order valence-electron chi connectivity index (χ3n) is 3.53. The van der Waals surface area contributed by atoms with Crippen molar-refractivity contribution >= 4 is 5.78 Å². The summed E-state index contributed by atoms with van der Waals surface area (Å²) in [6.07, 6.45) is 0. The molecule has 4 heteroatoms. The van der Waals surface area contributed by atoms with Gasteiger partial charge in [-0.05, 0) is 31.0 Å². The van der Waals surface area contributed by atoms with Gasteiger partial charge < -0.3 is 0 Å². The summed E-state index contributed by atoms with van der Waals surface area (Å²) in [6, 6.07) is 9.84. The lowest BCUT2D eigenvalue weighted by molar-refractivity contribution is 0.0976. The highest BCUT2D eigenvalue weighted by Crippen LogP contribution is 2.26. The number of halogens is 2. The molecule has 2 rings (SSSR count). The number of Topliss-reactive ketones (excluding diaryl/α,β-unsaturated/α-hetero) is 1. The Kier molecular flexibility index (Phi) is 4.13. The van der Waals surface area contributed by atoms with E-state index < -0.39 is 23.3 Å². The minimum Gasteiger partial charge on any atom is -0.292 e. The van der Waals surface area contributed by atoms with Gasteiger partial charge in [0.1, 0.15) is 17.6 Å². The number of nitriles is 1. The maximum absolute atomic E-state index is 13.8. The third-order valence-corrected chi connectivity index (χ3v) is 3.53. The minimum atomic E-state index is -1.29. The van der Waals surface area contributed by atoms with Crippen molar-refractivity contribution in [3.63, 3.8) is 0 Å². The van der Waals surface area contributed by atoms with Crippen molar-refractivity contribution in [1.29, 1.82) is 5.26 Å². The Labute approximate surface area is 121 Å². The van der Waals surface area contributed by atoms with Gasteiger partial charge in [0.2, 0.25) is 0 Å². The van der Waals surface area contributed by atoms with Crippen molar-refractivity contribution in [2.24, 2.45) is 0 Å². The van der Waals surface area contributed by atoms with Crippen LogP contribution in [0.2, 0.25) is 0 Å². The van der Waals surface area contributed by atoms with Gasteiger partial charge in [-0.25, -0.2) is 8.78 Å². The number of carbonyl (C=O) groups excluding carboxylic acids is 1. The molecule has 0 saturated carbocycles. The molecule has 1 unspecified atom stereocenters. The van der Waals surface area contributed by atoms with Gasteiger partial charge in [-0.1, -0.05) is 24.3 Å². The second kappa shape index (κ2) is 5.84. The smallest absolute Gasteiger partial charge is 0.184 e. The van der Waals surface area contributed by atoms with Crippen LogP contribution in [0.1, 0.15) is 33.0 Å². The molecule has 106 valence electrons. The molecule has 0 radical (unpaired) electrons. The van der Waals surface area contributed by atoms with Crippen molar-refractivity contribution in [3.8, 4) is 6.07 Å². The topological polar surface area (TPSA) is 40.9 Å².